The Morgan fingerprint density at radius 2 is 1.74 bits per heavy atom. The van der Waals surface area contributed by atoms with Gasteiger partial charge in [0.25, 0.3) is 0 Å². The highest BCUT2D eigenvalue weighted by Crippen LogP contribution is 2.41. The number of halogens is 6. The van der Waals surface area contributed by atoms with Crippen molar-refractivity contribution in [2.45, 2.75) is 11.8 Å². The van der Waals surface area contributed by atoms with Crippen LogP contribution in [-0.2, 0) is 9.53 Å². The summed E-state index contributed by atoms with van der Waals surface area (Å²) < 4.78 is 59.1. The number of rotatable bonds is 2. The second-order valence-corrected chi connectivity index (χ2v) is 6.26. The lowest BCUT2D eigenvalue weighted by molar-refractivity contribution is -0.202. The van der Waals surface area contributed by atoms with E-state index in [0.717, 1.165) is 24.1 Å². The summed E-state index contributed by atoms with van der Waals surface area (Å²) in [6.07, 6.45) is -2.83. The summed E-state index contributed by atoms with van der Waals surface area (Å²) in [5, 5.41) is -0.152. The van der Waals surface area contributed by atoms with Gasteiger partial charge in [0, 0.05) is 11.8 Å². The van der Waals surface area contributed by atoms with E-state index in [-0.39, 0.29) is 21.5 Å². The van der Waals surface area contributed by atoms with Gasteiger partial charge in [-0.15, -0.1) is 0 Å². The topological polar surface area (TPSA) is 54.3 Å². The third-order valence-electron chi connectivity index (χ3n) is 3.69. The van der Waals surface area contributed by atoms with E-state index in [1.54, 1.807) is 0 Å². The molecule has 3 rings (SSSR count). The van der Waals surface area contributed by atoms with Gasteiger partial charge in [-0.2, -0.15) is 13.2 Å². The van der Waals surface area contributed by atoms with Gasteiger partial charge in [0.15, 0.2) is 5.84 Å². The van der Waals surface area contributed by atoms with E-state index in [0.29, 0.717) is 0 Å². The number of amidine groups is 2. The van der Waals surface area contributed by atoms with Crippen molar-refractivity contribution >= 4 is 40.8 Å². The maximum absolute atomic E-state index is 13.9. The Kier molecular flexibility index (Phi) is 4.77. The summed E-state index contributed by atoms with van der Waals surface area (Å²) in [6, 6.07) is 4.46. The number of alkyl halides is 3. The molecule has 0 unspecified atom stereocenters. The molecule has 5 nitrogen and oxygen atoms in total. The zero-order valence-electron chi connectivity index (χ0n) is 13.4. The molecule has 11 heteroatoms. The molecular weight excluding hydrogens is 413 g/mol. The van der Waals surface area contributed by atoms with Crippen LogP contribution in [0.1, 0.15) is 5.56 Å². The minimum absolute atomic E-state index is 0.0772. The van der Waals surface area contributed by atoms with Gasteiger partial charge in [-0.1, -0.05) is 23.2 Å². The second kappa shape index (κ2) is 6.65. The predicted octanol–water partition coefficient (Wildman–Crippen LogP) is 3.93. The van der Waals surface area contributed by atoms with Crippen molar-refractivity contribution in [3.63, 3.8) is 0 Å². The fraction of sp³-hybridized carbons (Fsp3) is 0.188. The zero-order chi connectivity index (χ0) is 20.0. The molecule has 2 aliphatic heterocycles. The van der Waals surface area contributed by atoms with E-state index >= 15 is 0 Å². The third kappa shape index (κ3) is 3.21. The van der Waals surface area contributed by atoms with E-state index in [4.69, 9.17) is 23.2 Å². The predicted molar refractivity (Wildman–Crippen MR) is 90.9 cm³/mol. The Morgan fingerprint density at radius 1 is 1.15 bits per heavy atom. The van der Waals surface area contributed by atoms with Crippen LogP contribution in [0.15, 0.2) is 56.6 Å². The number of ether oxygens (including phenoxy) is 1. The lowest BCUT2D eigenvalue weighted by atomic mass is 10.1. The molecule has 1 aromatic rings. The number of benzene rings is 1. The van der Waals surface area contributed by atoms with Crippen molar-refractivity contribution in [3.05, 3.63) is 58.0 Å². The van der Waals surface area contributed by atoms with Gasteiger partial charge in [-0.05, 0) is 30.3 Å². The number of aliphatic imine (C=N–C) groups is 2. The summed E-state index contributed by atoms with van der Waals surface area (Å²) in [6.45, 7) is 0. The second-order valence-electron chi connectivity index (χ2n) is 5.42. The lowest BCUT2D eigenvalue weighted by Gasteiger charge is -2.36. The Hall–Kier alpha value is -2.39. The smallest absolute Gasteiger partial charge is 0.445 e. The third-order valence-corrected chi connectivity index (χ3v) is 4.18. The van der Waals surface area contributed by atoms with Gasteiger partial charge >= 0.3 is 17.8 Å². The van der Waals surface area contributed by atoms with E-state index in [1.807, 2.05) is 0 Å². The first-order valence-corrected chi connectivity index (χ1v) is 7.99. The number of allylic oxidation sites excluding steroid dienone is 2. The largest absolute Gasteiger partial charge is 0.465 e. The molecule has 0 N–H and O–H groups in total. The standard InChI is InChI=1S/C16H9Cl2F4N3O2/c1-27-14(26)15(16(20,21)22)23-12(8-2-4-10(19)5-3-8)25-7-9(17)6-11(18)13(25)24-15/h2-7H,1H3/t15-/m0/s1. The summed E-state index contributed by atoms with van der Waals surface area (Å²) in [5.41, 5.74) is -3.49. The molecule has 0 saturated heterocycles. The average molecular weight is 422 g/mol. The van der Waals surface area contributed by atoms with E-state index < -0.39 is 29.5 Å². The highest BCUT2D eigenvalue weighted by molar-refractivity contribution is 6.47. The molecule has 0 aliphatic carbocycles. The highest BCUT2D eigenvalue weighted by Gasteiger charge is 2.65. The van der Waals surface area contributed by atoms with Crippen LogP contribution in [0, 0.1) is 5.82 Å². The highest BCUT2D eigenvalue weighted by atomic mass is 35.5. The normalized spacial score (nSPS) is 22.3. The van der Waals surface area contributed by atoms with Crippen LogP contribution in [0.25, 0.3) is 0 Å². The minimum atomic E-state index is -5.23. The van der Waals surface area contributed by atoms with Crippen LogP contribution in [0.2, 0.25) is 0 Å². The number of esters is 1. The molecule has 2 aliphatic rings. The minimum Gasteiger partial charge on any atom is -0.465 e. The van der Waals surface area contributed by atoms with Gasteiger partial charge in [-0.25, -0.2) is 19.2 Å². The molecule has 2 heterocycles. The van der Waals surface area contributed by atoms with Gasteiger partial charge in [0.1, 0.15) is 11.7 Å². The summed E-state index contributed by atoms with van der Waals surface area (Å²) in [5.74, 6) is -3.11. The first-order chi connectivity index (χ1) is 12.6. The maximum atomic E-state index is 13.9. The molecule has 0 fully saturated rings. The van der Waals surface area contributed by atoms with Crippen molar-refractivity contribution in [2.24, 2.45) is 9.98 Å². The molecule has 0 amide bonds. The molecule has 0 spiro atoms. The zero-order valence-corrected chi connectivity index (χ0v) is 14.9. The van der Waals surface area contributed by atoms with Crippen molar-refractivity contribution in [1.82, 2.24) is 4.90 Å². The molecule has 0 saturated carbocycles. The molecule has 142 valence electrons. The van der Waals surface area contributed by atoms with E-state index in [2.05, 4.69) is 14.7 Å². The Labute approximate surface area is 160 Å². The van der Waals surface area contributed by atoms with E-state index in [1.165, 1.54) is 24.4 Å². The Balaban J connectivity index is 2.31. The van der Waals surface area contributed by atoms with Gasteiger partial charge in [-0.3, -0.25) is 4.90 Å². The first kappa shape index (κ1) is 19.4. The van der Waals surface area contributed by atoms with Crippen LogP contribution in [0.4, 0.5) is 17.6 Å². The van der Waals surface area contributed by atoms with Crippen LogP contribution in [-0.4, -0.2) is 41.5 Å². The number of carbonyl (C=O) groups excluding carboxylic acids is 1. The van der Waals surface area contributed by atoms with Gasteiger partial charge < -0.3 is 4.74 Å². The molecular formula is C16H9Cl2F4N3O2. The van der Waals surface area contributed by atoms with Crippen molar-refractivity contribution in [1.29, 1.82) is 0 Å². The Morgan fingerprint density at radius 3 is 2.30 bits per heavy atom. The number of nitrogens with zero attached hydrogens (tertiary/aromatic N) is 3. The van der Waals surface area contributed by atoms with Gasteiger partial charge in [0.2, 0.25) is 0 Å². The summed E-state index contributed by atoms with van der Waals surface area (Å²) >= 11 is 12.0. The average Bonchev–Trinajstić information content (AvgIpc) is 2.60. The molecule has 1 atom stereocenters. The van der Waals surface area contributed by atoms with Gasteiger partial charge in [0.05, 0.1) is 17.2 Å². The van der Waals surface area contributed by atoms with Crippen LogP contribution in [0.5, 0.6) is 0 Å². The number of carbonyl (C=O) groups is 1. The molecule has 0 aromatic heterocycles. The van der Waals surface area contributed by atoms with Crippen molar-refractivity contribution in [2.75, 3.05) is 7.11 Å². The lowest BCUT2D eigenvalue weighted by Crippen LogP contribution is -2.56. The van der Waals surface area contributed by atoms with E-state index in [9.17, 15) is 22.4 Å². The van der Waals surface area contributed by atoms with Crippen LogP contribution < -0.4 is 0 Å². The monoisotopic (exact) mass is 421 g/mol. The molecule has 1 aromatic carbocycles. The SMILES string of the molecule is COC(=O)[C@@]1(C(F)(F)F)N=C2C(Cl)=CC(Cl)=CN2C(c2ccc(F)cc2)=N1. The molecule has 0 bridgehead atoms. The van der Waals surface area contributed by atoms with Crippen LogP contribution in [0.3, 0.4) is 0 Å². The summed E-state index contributed by atoms with van der Waals surface area (Å²) in [4.78, 5) is 20.2. The fourth-order valence-electron chi connectivity index (χ4n) is 2.46. The van der Waals surface area contributed by atoms with Crippen molar-refractivity contribution in [3.8, 4) is 0 Å². The summed E-state index contributed by atoms with van der Waals surface area (Å²) in [7, 11) is 0.782. The number of fused-ring (bicyclic) bond motifs is 1. The molecule has 0 radical (unpaired) electrons. The maximum Gasteiger partial charge on any atom is 0.445 e. The van der Waals surface area contributed by atoms with Crippen LogP contribution >= 0.6 is 23.2 Å². The fourth-order valence-corrected chi connectivity index (χ4v) is 2.97. The number of hydrogen-bond donors (Lipinski definition) is 0. The first-order valence-electron chi connectivity index (χ1n) is 7.24. The number of hydrogen-bond acceptors (Lipinski definition) is 5. The molecule has 27 heavy (non-hydrogen) atoms. The Bertz CT molecular complexity index is 923. The number of methoxy groups -OCH3 is 1. The van der Waals surface area contributed by atoms with Crippen molar-refractivity contribution < 1.29 is 27.1 Å². The quantitative estimate of drug-likeness (QED) is 0.536.